The van der Waals surface area contributed by atoms with Crippen LogP contribution in [0.5, 0.6) is 0 Å². The quantitative estimate of drug-likeness (QED) is 0.932. The van der Waals surface area contributed by atoms with Gasteiger partial charge in [-0.3, -0.25) is 4.79 Å². The standard InChI is InChI=1S/C12H10BrFN2O/c13-9-3-8(4-10(14)5-9)12(17)16-11(6-15)7-1-2-7/h3-5,7,11H,1-2H2,(H,16,17). The normalized spacial score (nSPS) is 16.1. The SMILES string of the molecule is N#CC(NC(=O)c1cc(F)cc(Br)c1)C1CC1. The molecule has 1 amide bonds. The van der Waals surface area contributed by atoms with Gasteiger partial charge in [-0.1, -0.05) is 15.9 Å². The summed E-state index contributed by atoms with van der Waals surface area (Å²) in [5.41, 5.74) is 0.220. The number of nitrogens with one attached hydrogen (secondary N) is 1. The zero-order chi connectivity index (χ0) is 12.4. The maximum Gasteiger partial charge on any atom is 0.252 e. The number of nitriles is 1. The van der Waals surface area contributed by atoms with Crippen LogP contribution < -0.4 is 5.32 Å². The zero-order valence-corrected chi connectivity index (χ0v) is 10.5. The molecule has 1 N–H and O–H groups in total. The third-order valence-corrected chi connectivity index (χ3v) is 3.10. The van der Waals surface area contributed by atoms with Crippen molar-refractivity contribution >= 4 is 21.8 Å². The van der Waals surface area contributed by atoms with Crippen LogP contribution in [0.1, 0.15) is 23.2 Å². The molecule has 3 nitrogen and oxygen atoms in total. The van der Waals surface area contributed by atoms with Gasteiger partial charge in [-0.15, -0.1) is 0 Å². The Bertz CT molecular complexity index is 474. The summed E-state index contributed by atoms with van der Waals surface area (Å²) in [6, 6.07) is 5.55. The number of amides is 1. The Morgan fingerprint density at radius 3 is 2.76 bits per heavy atom. The molecule has 0 aliphatic heterocycles. The van der Waals surface area contributed by atoms with Crippen molar-refractivity contribution in [3.05, 3.63) is 34.1 Å². The fourth-order valence-electron chi connectivity index (χ4n) is 1.59. The highest BCUT2D eigenvalue weighted by atomic mass is 79.9. The lowest BCUT2D eigenvalue weighted by Gasteiger charge is -2.10. The predicted molar refractivity (Wildman–Crippen MR) is 63.7 cm³/mol. The van der Waals surface area contributed by atoms with Crippen molar-refractivity contribution in [2.24, 2.45) is 5.92 Å². The summed E-state index contributed by atoms with van der Waals surface area (Å²) in [4.78, 5) is 11.8. The first kappa shape index (κ1) is 12.1. The van der Waals surface area contributed by atoms with Crippen LogP contribution in [0.15, 0.2) is 22.7 Å². The van der Waals surface area contributed by atoms with Gasteiger partial charge in [0.05, 0.1) is 6.07 Å². The van der Waals surface area contributed by atoms with Gasteiger partial charge in [0, 0.05) is 10.0 Å². The van der Waals surface area contributed by atoms with Crippen molar-refractivity contribution in [3.8, 4) is 6.07 Å². The van der Waals surface area contributed by atoms with Crippen molar-refractivity contribution in [2.45, 2.75) is 18.9 Å². The van der Waals surface area contributed by atoms with E-state index in [-0.39, 0.29) is 11.5 Å². The molecule has 0 spiro atoms. The molecule has 1 aliphatic rings. The fraction of sp³-hybridized carbons (Fsp3) is 0.333. The molecule has 0 heterocycles. The number of carbonyl (C=O) groups is 1. The first-order chi connectivity index (χ1) is 8.10. The van der Waals surface area contributed by atoms with Crippen LogP contribution in [0, 0.1) is 23.1 Å². The maximum absolute atomic E-state index is 13.1. The summed E-state index contributed by atoms with van der Waals surface area (Å²) in [5, 5.41) is 11.5. The molecule has 1 atom stereocenters. The Morgan fingerprint density at radius 2 is 2.24 bits per heavy atom. The van der Waals surface area contributed by atoms with E-state index in [2.05, 4.69) is 27.3 Å². The number of rotatable bonds is 3. The lowest BCUT2D eigenvalue weighted by atomic mass is 10.1. The summed E-state index contributed by atoms with van der Waals surface area (Å²) in [7, 11) is 0. The van der Waals surface area contributed by atoms with Crippen molar-refractivity contribution < 1.29 is 9.18 Å². The molecule has 2 rings (SSSR count). The van der Waals surface area contributed by atoms with Crippen LogP contribution in [0.4, 0.5) is 4.39 Å². The summed E-state index contributed by atoms with van der Waals surface area (Å²) in [6.07, 6.45) is 1.93. The van der Waals surface area contributed by atoms with Crippen LogP contribution in [-0.2, 0) is 0 Å². The summed E-state index contributed by atoms with van der Waals surface area (Å²) in [5.74, 6) is -0.644. The van der Waals surface area contributed by atoms with Gasteiger partial charge in [-0.2, -0.15) is 5.26 Å². The van der Waals surface area contributed by atoms with E-state index in [0.29, 0.717) is 4.47 Å². The Balaban J connectivity index is 2.11. The van der Waals surface area contributed by atoms with E-state index in [0.717, 1.165) is 18.9 Å². The minimum absolute atomic E-state index is 0.220. The lowest BCUT2D eigenvalue weighted by Crippen LogP contribution is -2.35. The number of hydrogen-bond acceptors (Lipinski definition) is 2. The monoisotopic (exact) mass is 296 g/mol. The second-order valence-electron chi connectivity index (χ2n) is 4.08. The van der Waals surface area contributed by atoms with Crippen LogP contribution in [0.3, 0.4) is 0 Å². The smallest absolute Gasteiger partial charge is 0.252 e. The first-order valence-electron chi connectivity index (χ1n) is 5.26. The molecule has 1 unspecified atom stereocenters. The van der Waals surface area contributed by atoms with Gasteiger partial charge in [0.15, 0.2) is 0 Å². The molecule has 0 bridgehead atoms. The number of halogens is 2. The molecule has 1 saturated carbocycles. The van der Waals surface area contributed by atoms with Crippen LogP contribution in [0.25, 0.3) is 0 Å². The Labute approximate surface area is 107 Å². The van der Waals surface area contributed by atoms with Gasteiger partial charge in [-0.25, -0.2) is 4.39 Å². The topological polar surface area (TPSA) is 52.9 Å². The highest BCUT2D eigenvalue weighted by molar-refractivity contribution is 9.10. The largest absolute Gasteiger partial charge is 0.336 e. The van der Waals surface area contributed by atoms with E-state index in [4.69, 9.17) is 5.26 Å². The number of carbonyl (C=O) groups excluding carboxylic acids is 1. The third kappa shape index (κ3) is 3.04. The van der Waals surface area contributed by atoms with Crippen molar-refractivity contribution in [2.75, 3.05) is 0 Å². The minimum atomic E-state index is -0.482. The molecule has 88 valence electrons. The Morgan fingerprint density at radius 1 is 1.53 bits per heavy atom. The van der Waals surface area contributed by atoms with E-state index >= 15 is 0 Å². The van der Waals surface area contributed by atoms with Crippen molar-refractivity contribution in [1.29, 1.82) is 5.26 Å². The molecule has 17 heavy (non-hydrogen) atoms. The van der Waals surface area contributed by atoms with Gasteiger partial charge in [-0.05, 0) is 37.0 Å². The number of nitrogens with zero attached hydrogens (tertiary/aromatic N) is 1. The van der Waals surface area contributed by atoms with Crippen LogP contribution in [-0.4, -0.2) is 11.9 Å². The van der Waals surface area contributed by atoms with E-state index < -0.39 is 17.8 Å². The molecular formula is C12H10BrFN2O. The average molecular weight is 297 g/mol. The highest BCUT2D eigenvalue weighted by Gasteiger charge is 2.32. The molecule has 0 saturated heterocycles. The number of hydrogen-bond donors (Lipinski definition) is 1. The fourth-order valence-corrected chi connectivity index (χ4v) is 2.06. The second kappa shape index (κ2) is 4.84. The molecular weight excluding hydrogens is 287 g/mol. The number of benzene rings is 1. The first-order valence-corrected chi connectivity index (χ1v) is 6.06. The lowest BCUT2D eigenvalue weighted by molar-refractivity contribution is 0.0941. The van der Waals surface area contributed by atoms with Gasteiger partial charge in [0.2, 0.25) is 0 Å². The van der Waals surface area contributed by atoms with Gasteiger partial charge < -0.3 is 5.32 Å². The van der Waals surface area contributed by atoms with E-state index in [1.54, 1.807) is 0 Å². The van der Waals surface area contributed by atoms with E-state index in [9.17, 15) is 9.18 Å². The second-order valence-corrected chi connectivity index (χ2v) is 4.99. The molecule has 1 aromatic rings. The van der Waals surface area contributed by atoms with Crippen LogP contribution >= 0.6 is 15.9 Å². The molecule has 1 aromatic carbocycles. The zero-order valence-electron chi connectivity index (χ0n) is 8.91. The molecule has 0 radical (unpaired) electrons. The average Bonchev–Trinajstić information content (AvgIpc) is 3.08. The Kier molecular flexibility index (Phi) is 3.43. The van der Waals surface area contributed by atoms with Crippen LogP contribution in [0.2, 0.25) is 0 Å². The van der Waals surface area contributed by atoms with Crippen molar-refractivity contribution in [1.82, 2.24) is 5.32 Å². The summed E-state index contributed by atoms with van der Waals surface area (Å²) in [6.45, 7) is 0. The van der Waals surface area contributed by atoms with E-state index in [1.807, 2.05) is 0 Å². The Hall–Kier alpha value is -1.41. The highest BCUT2D eigenvalue weighted by Crippen LogP contribution is 2.32. The summed E-state index contributed by atoms with van der Waals surface area (Å²) < 4.78 is 13.6. The van der Waals surface area contributed by atoms with Gasteiger partial charge in [0.25, 0.3) is 5.91 Å². The minimum Gasteiger partial charge on any atom is -0.336 e. The van der Waals surface area contributed by atoms with E-state index in [1.165, 1.54) is 12.1 Å². The maximum atomic E-state index is 13.1. The van der Waals surface area contributed by atoms with Crippen molar-refractivity contribution in [3.63, 3.8) is 0 Å². The molecule has 1 aliphatic carbocycles. The van der Waals surface area contributed by atoms with Gasteiger partial charge >= 0.3 is 0 Å². The summed E-state index contributed by atoms with van der Waals surface area (Å²) >= 11 is 3.12. The third-order valence-electron chi connectivity index (χ3n) is 2.64. The predicted octanol–water partition coefficient (Wildman–Crippen LogP) is 2.62. The molecule has 0 aromatic heterocycles. The molecule has 5 heteroatoms. The van der Waals surface area contributed by atoms with Gasteiger partial charge in [0.1, 0.15) is 11.9 Å². The molecule has 1 fully saturated rings.